The number of hydrogen-bond donors (Lipinski definition) is 1. The SMILES string of the molecule is Cc1c(C(=O)COc2ccc(F)cc2)c(O)n(CC(C)C)c(=O)c1C#N. The van der Waals surface area contributed by atoms with Gasteiger partial charge in [-0.2, -0.15) is 5.26 Å². The molecule has 1 heterocycles. The molecule has 7 heteroatoms. The number of rotatable bonds is 6. The fraction of sp³-hybridized carbons (Fsp3) is 0.316. The smallest absolute Gasteiger partial charge is 0.271 e. The van der Waals surface area contributed by atoms with Crippen LogP contribution in [0.25, 0.3) is 0 Å². The Labute approximate surface area is 150 Å². The summed E-state index contributed by atoms with van der Waals surface area (Å²) in [6.07, 6.45) is 0. The quantitative estimate of drug-likeness (QED) is 0.802. The Morgan fingerprint density at radius 2 is 1.96 bits per heavy atom. The lowest BCUT2D eigenvalue weighted by atomic mass is 10.0. The summed E-state index contributed by atoms with van der Waals surface area (Å²) in [4.78, 5) is 24.9. The third-order valence-corrected chi connectivity index (χ3v) is 3.81. The molecule has 136 valence electrons. The van der Waals surface area contributed by atoms with E-state index in [1.54, 1.807) is 6.07 Å². The minimum atomic E-state index is -0.632. The van der Waals surface area contributed by atoms with Crippen molar-refractivity contribution >= 4 is 5.78 Å². The molecule has 0 unspecified atom stereocenters. The molecule has 2 aromatic rings. The predicted octanol–water partition coefficient (Wildman–Crippen LogP) is 2.79. The molecule has 0 saturated heterocycles. The summed E-state index contributed by atoms with van der Waals surface area (Å²) < 4.78 is 19.3. The molecule has 0 fully saturated rings. The zero-order valence-corrected chi connectivity index (χ0v) is 14.7. The Morgan fingerprint density at radius 3 is 2.50 bits per heavy atom. The van der Waals surface area contributed by atoms with Gasteiger partial charge in [-0.05, 0) is 42.7 Å². The number of nitriles is 1. The second kappa shape index (κ2) is 7.83. The summed E-state index contributed by atoms with van der Waals surface area (Å²) in [6.45, 7) is 4.86. The average molecular weight is 358 g/mol. The minimum Gasteiger partial charge on any atom is -0.494 e. The van der Waals surface area contributed by atoms with Crippen LogP contribution in [0.3, 0.4) is 0 Å². The molecule has 0 aliphatic carbocycles. The van der Waals surface area contributed by atoms with E-state index in [4.69, 9.17) is 4.74 Å². The number of carbonyl (C=O) groups excluding carboxylic acids is 1. The Bertz CT molecular complexity index is 925. The van der Waals surface area contributed by atoms with E-state index in [0.29, 0.717) is 0 Å². The van der Waals surface area contributed by atoms with E-state index in [1.165, 1.54) is 31.2 Å². The van der Waals surface area contributed by atoms with Gasteiger partial charge in [0.2, 0.25) is 11.7 Å². The predicted molar refractivity (Wildman–Crippen MR) is 92.9 cm³/mol. The van der Waals surface area contributed by atoms with Crippen LogP contribution in [0.5, 0.6) is 11.6 Å². The summed E-state index contributed by atoms with van der Waals surface area (Å²) in [6, 6.07) is 6.93. The Balaban J connectivity index is 2.40. The van der Waals surface area contributed by atoms with Gasteiger partial charge in [-0.25, -0.2) is 4.39 Å². The fourth-order valence-corrected chi connectivity index (χ4v) is 2.57. The first-order chi connectivity index (χ1) is 12.3. The molecule has 0 amide bonds. The van der Waals surface area contributed by atoms with E-state index in [-0.39, 0.29) is 34.9 Å². The van der Waals surface area contributed by atoms with E-state index in [1.807, 2.05) is 13.8 Å². The highest BCUT2D eigenvalue weighted by atomic mass is 19.1. The first-order valence-corrected chi connectivity index (χ1v) is 8.04. The fourth-order valence-electron chi connectivity index (χ4n) is 2.57. The number of Topliss-reactive ketones (excluding diaryl/α,β-unsaturated/α-hetero) is 1. The van der Waals surface area contributed by atoms with Gasteiger partial charge in [0.1, 0.15) is 23.2 Å². The van der Waals surface area contributed by atoms with Gasteiger partial charge in [0.15, 0.2) is 6.61 Å². The largest absolute Gasteiger partial charge is 0.494 e. The molecule has 1 aromatic carbocycles. The molecule has 1 N–H and O–H groups in total. The molecule has 0 atom stereocenters. The van der Waals surface area contributed by atoms with Crippen LogP contribution in [0, 0.1) is 30.0 Å². The van der Waals surface area contributed by atoms with Gasteiger partial charge in [-0.15, -0.1) is 0 Å². The lowest BCUT2D eigenvalue weighted by Crippen LogP contribution is -2.29. The molecule has 0 saturated carbocycles. The average Bonchev–Trinajstić information content (AvgIpc) is 2.58. The maximum Gasteiger partial charge on any atom is 0.271 e. The zero-order chi connectivity index (χ0) is 19.4. The van der Waals surface area contributed by atoms with Crippen LogP contribution in [-0.2, 0) is 6.54 Å². The number of ether oxygens (including phenoxy) is 1. The second-order valence-electron chi connectivity index (χ2n) is 6.29. The van der Waals surface area contributed by atoms with Gasteiger partial charge in [-0.1, -0.05) is 13.8 Å². The molecular weight excluding hydrogens is 339 g/mol. The maximum absolute atomic E-state index is 12.9. The highest BCUT2D eigenvalue weighted by molar-refractivity contribution is 6.01. The van der Waals surface area contributed by atoms with Crippen molar-refractivity contribution in [1.82, 2.24) is 4.57 Å². The second-order valence-corrected chi connectivity index (χ2v) is 6.29. The number of hydrogen-bond acceptors (Lipinski definition) is 5. The van der Waals surface area contributed by atoms with Gasteiger partial charge in [0, 0.05) is 6.54 Å². The lowest BCUT2D eigenvalue weighted by molar-refractivity contribution is 0.0916. The first kappa shape index (κ1) is 19.2. The van der Waals surface area contributed by atoms with Crippen molar-refractivity contribution in [1.29, 1.82) is 5.26 Å². The van der Waals surface area contributed by atoms with E-state index < -0.39 is 29.6 Å². The van der Waals surface area contributed by atoms with Crippen LogP contribution in [-0.4, -0.2) is 22.1 Å². The van der Waals surface area contributed by atoms with Gasteiger partial charge >= 0.3 is 0 Å². The molecule has 0 bridgehead atoms. The van der Waals surface area contributed by atoms with Crippen molar-refractivity contribution in [3.63, 3.8) is 0 Å². The number of halogens is 1. The van der Waals surface area contributed by atoms with Crippen molar-refractivity contribution in [2.24, 2.45) is 5.92 Å². The third-order valence-electron chi connectivity index (χ3n) is 3.81. The summed E-state index contributed by atoms with van der Waals surface area (Å²) in [5.74, 6) is -1.19. The molecule has 0 aliphatic rings. The van der Waals surface area contributed by atoms with Crippen LogP contribution in [0.4, 0.5) is 4.39 Å². The number of aromatic nitrogens is 1. The van der Waals surface area contributed by atoms with Gasteiger partial charge in [0.05, 0.1) is 5.56 Å². The number of pyridine rings is 1. The third kappa shape index (κ3) is 3.91. The minimum absolute atomic E-state index is 0.0197. The van der Waals surface area contributed by atoms with Crippen LogP contribution in [0.1, 0.15) is 35.3 Å². The van der Waals surface area contributed by atoms with E-state index in [0.717, 1.165) is 4.57 Å². The summed E-state index contributed by atoms with van der Waals surface area (Å²) in [7, 11) is 0. The van der Waals surface area contributed by atoms with Gasteiger partial charge in [-0.3, -0.25) is 14.2 Å². The first-order valence-electron chi connectivity index (χ1n) is 8.04. The summed E-state index contributed by atoms with van der Waals surface area (Å²) in [5.41, 5.74) is -0.826. The molecular formula is C19H19FN2O4. The van der Waals surface area contributed by atoms with Crippen LogP contribution in [0.15, 0.2) is 29.1 Å². The van der Waals surface area contributed by atoms with Crippen molar-refractivity contribution in [3.8, 4) is 17.7 Å². The van der Waals surface area contributed by atoms with Gasteiger partial charge < -0.3 is 9.84 Å². The number of ketones is 1. The molecule has 6 nitrogen and oxygen atoms in total. The Hall–Kier alpha value is -3.14. The number of nitrogens with zero attached hydrogens (tertiary/aromatic N) is 2. The lowest BCUT2D eigenvalue weighted by Gasteiger charge is -2.17. The molecule has 1 aromatic heterocycles. The monoisotopic (exact) mass is 358 g/mol. The van der Waals surface area contributed by atoms with Crippen molar-refractivity contribution in [2.75, 3.05) is 6.61 Å². The summed E-state index contributed by atoms with van der Waals surface area (Å²) in [5, 5.41) is 19.7. The van der Waals surface area contributed by atoms with E-state index >= 15 is 0 Å². The molecule has 0 spiro atoms. The highest BCUT2D eigenvalue weighted by Gasteiger charge is 2.24. The number of carbonyl (C=O) groups is 1. The summed E-state index contributed by atoms with van der Waals surface area (Å²) >= 11 is 0. The molecule has 2 rings (SSSR count). The maximum atomic E-state index is 12.9. The Kier molecular flexibility index (Phi) is 5.78. The normalized spacial score (nSPS) is 10.6. The van der Waals surface area contributed by atoms with Crippen LogP contribution in [0.2, 0.25) is 0 Å². The number of benzene rings is 1. The van der Waals surface area contributed by atoms with E-state index in [2.05, 4.69) is 0 Å². The highest BCUT2D eigenvalue weighted by Crippen LogP contribution is 2.23. The van der Waals surface area contributed by atoms with Crippen molar-refractivity contribution < 1.29 is 19.0 Å². The zero-order valence-electron chi connectivity index (χ0n) is 14.7. The van der Waals surface area contributed by atoms with Gasteiger partial charge in [0.25, 0.3) is 5.56 Å². The van der Waals surface area contributed by atoms with Crippen LogP contribution >= 0.6 is 0 Å². The standard InChI is InChI=1S/C19H19FN2O4/c1-11(2)9-22-18(24)15(8-21)12(3)17(19(22)25)16(23)10-26-14-6-4-13(20)5-7-14/h4-7,11,25H,9-10H2,1-3H3. The number of aromatic hydroxyl groups is 1. The van der Waals surface area contributed by atoms with Crippen molar-refractivity contribution in [2.45, 2.75) is 27.3 Å². The molecule has 26 heavy (non-hydrogen) atoms. The topological polar surface area (TPSA) is 92.3 Å². The molecule has 0 radical (unpaired) electrons. The molecule has 0 aliphatic heterocycles. The van der Waals surface area contributed by atoms with Crippen molar-refractivity contribution in [3.05, 3.63) is 57.1 Å². The van der Waals surface area contributed by atoms with Crippen LogP contribution < -0.4 is 10.3 Å². The van der Waals surface area contributed by atoms with E-state index in [9.17, 15) is 24.3 Å². The Morgan fingerprint density at radius 1 is 1.35 bits per heavy atom.